The molecule has 0 aliphatic heterocycles. The Balaban J connectivity index is 2.13. The number of halogens is 1. The normalized spacial score (nSPS) is 10.5. The number of hydrogen-bond donors (Lipinski definition) is 0. The fraction of sp³-hybridized carbons (Fsp3) is 0.278. The summed E-state index contributed by atoms with van der Waals surface area (Å²) >= 11 is 0. The molecule has 110 valence electrons. The molecule has 0 aromatic heterocycles. The highest BCUT2D eigenvalue weighted by molar-refractivity contribution is 5.94. The first kappa shape index (κ1) is 15.2. The van der Waals surface area contributed by atoms with Gasteiger partial charge in [-0.2, -0.15) is 0 Å². The van der Waals surface area contributed by atoms with Gasteiger partial charge in [-0.1, -0.05) is 42.8 Å². The Labute approximate surface area is 125 Å². The highest BCUT2D eigenvalue weighted by atomic mass is 19.1. The van der Waals surface area contributed by atoms with Gasteiger partial charge in [-0.05, 0) is 36.6 Å². The van der Waals surface area contributed by atoms with Crippen LogP contribution in [0.3, 0.4) is 0 Å². The van der Waals surface area contributed by atoms with Gasteiger partial charge in [-0.15, -0.1) is 0 Å². The summed E-state index contributed by atoms with van der Waals surface area (Å²) in [5.41, 5.74) is 3.30. The van der Waals surface area contributed by atoms with Crippen molar-refractivity contribution in [2.24, 2.45) is 0 Å². The monoisotopic (exact) mass is 285 g/mol. The molecular weight excluding hydrogens is 265 g/mol. The summed E-state index contributed by atoms with van der Waals surface area (Å²) in [6.07, 6.45) is 0.990. The molecule has 0 N–H and O–H groups in total. The topological polar surface area (TPSA) is 20.3 Å². The molecule has 2 rings (SSSR count). The van der Waals surface area contributed by atoms with Gasteiger partial charge in [0.25, 0.3) is 5.91 Å². The molecule has 0 atom stereocenters. The maximum atomic E-state index is 13.8. The van der Waals surface area contributed by atoms with Gasteiger partial charge >= 0.3 is 0 Å². The number of aryl methyl sites for hydroxylation is 2. The molecule has 0 saturated carbocycles. The average Bonchev–Trinajstić information content (AvgIpc) is 2.49. The number of amides is 1. The zero-order valence-electron chi connectivity index (χ0n) is 12.7. The molecule has 2 aromatic rings. The van der Waals surface area contributed by atoms with E-state index in [1.54, 1.807) is 24.1 Å². The second-order valence-electron chi connectivity index (χ2n) is 5.31. The van der Waals surface area contributed by atoms with Crippen LogP contribution in [0.1, 0.15) is 34.0 Å². The second kappa shape index (κ2) is 6.53. The third-order valence-electron chi connectivity index (χ3n) is 3.55. The molecule has 2 aromatic carbocycles. The largest absolute Gasteiger partial charge is 0.337 e. The van der Waals surface area contributed by atoms with Gasteiger partial charge in [0.05, 0.1) is 5.56 Å². The number of carbonyl (C=O) groups excluding carboxylic acids is 1. The minimum absolute atomic E-state index is 0.127. The lowest BCUT2D eigenvalue weighted by molar-refractivity contribution is 0.0780. The van der Waals surface area contributed by atoms with E-state index >= 15 is 0 Å². The van der Waals surface area contributed by atoms with Crippen molar-refractivity contribution in [3.63, 3.8) is 0 Å². The molecule has 21 heavy (non-hydrogen) atoms. The lowest BCUT2D eigenvalue weighted by Gasteiger charge is -2.18. The Morgan fingerprint density at radius 2 is 1.71 bits per heavy atom. The fourth-order valence-electron chi connectivity index (χ4n) is 2.23. The van der Waals surface area contributed by atoms with Crippen molar-refractivity contribution in [3.8, 4) is 0 Å². The Kier molecular flexibility index (Phi) is 4.73. The summed E-state index contributed by atoms with van der Waals surface area (Å²) in [7, 11) is 1.69. The van der Waals surface area contributed by atoms with Crippen molar-refractivity contribution < 1.29 is 9.18 Å². The minimum atomic E-state index is -0.473. The van der Waals surface area contributed by atoms with E-state index in [4.69, 9.17) is 0 Å². The molecule has 0 fully saturated rings. The molecule has 0 aliphatic carbocycles. The van der Waals surface area contributed by atoms with Gasteiger partial charge in [0.1, 0.15) is 5.82 Å². The first-order valence-electron chi connectivity index (χ1n) is 7.10. The van der Waals surface area contributed by atoms with Crippen LogP contribution >= 0.6 is 0 Å². The van der Waals surface area contributed by atoms with Crippen LogP contribution in [0.5, 0.6) is 0 Å². The van der Waals surface area contributed by atoms with E-state index in [9.17, 15) is 9.18 Å². The van der Waals surface area contributed by atoms with Gasteiger partial charge < -0.3 is 4.90 Å². The maximum Gasteiger partial charge on any atom is 0.256 e. The van der Waals surface area contributed by atoms with Crippen LogP contribution in [0.25, 0.3) is 0 Å². The maximum absolute atomic E-state index is 13.8. The summed E-state index contributed by atoms with van der Waals surface area (Å²) in [6.45, 7) is 4.42. The first-order valence-corrected chi connectivity index (χ1v) is 7.10. The molecule has 3 heteroatoms. The van der Waals surface area contributed by atoms with Crippen LogP contribution in [-0.2, 0) is 13.0 Å². The molecular formula is C18H20FNO. The fourth-order valence-corrected chi connectivity index (χ4v) is 2.23. The van der Waals surface area contributed by atoms with Crippen molar-refractivity contribution >= 4 is 5.91 Å². The van der Waals surface area contributed by atoms with Crippen molar-refractivity contribution in [2.75, 3.05) is 7.05 Å². The lowest BCUT2D eigenvalue weighted by atomic mass is 10.1. The van der Waals surface area contributed by atoms with Gasteiger partial charge in [0.15, 0.2) is 0 Å². The van der Waals surface area contributed by atoms with Gasteiger partial charge in [-0.25, -0.2) is 4.39 Å². The standard InChI is InChI=1S/C18H20FNO/c1-4-14-6-8-15(9-7-14)12-20(3)18(21)16-11-13(2)5-10-17(16)19/h5-11H,4,12H2,1-3H3. The smallest absolute Gasteiger partial charge is 0.256 e. The van der Waals surface area contributed by atoms with E-state index in [1.165, 1.54) is 11.6 Å². The number of benzene rings is 2. The average molecular weight is 285 g/mol. The molecule has 2 nitrogen and oxygen atoms in total. The van der Waals surface area contributed by atoms with E-state index in [0.29, 0.717) is 6.54 Å². The summed E-state index contributed by atoms with van der Waals surface area (Å²) < 4.78 is 13.8. The third-order valence-corrected chi connectivity index (χ3v) is 3.55. The first-order chi connectivity index (χ1) is 10.0. The molecule has 0 radical (unpaired) electrons. The van der Waals surface area contributed by atoms with Gasteiger partial charge in [0, 0.05) is 13.6 Å². The van der Waals surface area contributed by atoms with Gasteiger partial charge in [-0.3, -0.25) is 4.79 Å². The number of rotatable bonds is 4. The van der Waals surface area contributed by atoms with E-state index in [1.807, 2.05) is 19.1 Å². The SMILES string of the molecule is CCc1ccc(CN(C)C(=O)c2cc(C)ccc2F)cc1. The second-order valence-corrected chi connectivity index (χ2v) is 5.31. The lowest BCUT2D eigenvalue weighted by Crippen LogP contribution is -2.27. The Hall–Kier alpha value is -2.16. The van der Waals surface area contributed by atoms with Crippen LogP contribution < -0.4 is 0 Å². The predicted molar refractivity (Wildman–Crippen MR) is 82.8 cm³/mol. The zero-order valence-corrected chi connectivity index (χ0v) is 12.7. The van der Waals surface area contributed by atoms with E-state index in [2.05, 4.69) is 19.1 Å². The predicted octanol–water partition coefficient (Wildman–Crippen LogP) is 3.97. The molecule has 0 saturated heterocycles. The zero-order chi connectivity index (χ0) is 15.4. The van der Waals surface area contributed by atoms with E-state index in [0.717, 1.165) is 17.5 Å². The van der Waals surface area contributed by atoms with Crippen LogP contribution in [0.4, 0.5) is 4.39 Å². The Morgan fingerprint density at radius 1 is 1.10 bits per heavy atom. The Morgan fingerprint density at radius 3 is 2.33 bits per heavy atom. The minimum Gasteiger partial charge on any atom is -0.337 e. The molecule has 0 unspecified atom stereocenters. The van der Waals surface area contributed by atoms with Crippen LogP contribution in [0.2, 0.25) is 0 Å². The van der Waals surface area contributed by atoms with Crippen molar-refractivity contribution in [2.45, 2.75) is 26.8 Å². The van der Waals surface area contributed by atoms with Crippen LogP contribution in [0, 0.1) is 12.7 Å². The molecule has 0 heterocycles. The number of carbonyl (C=O) groups is 1. The van der Waals surface area contributed by atoms with E-state index in [-0.39, 0.29) is 11.5 Å². The molecule has 0 spiro atoms. The highest BCUT2D eigenvalue weighted by Gasteiger charge is 2.16. The van der Waals surface area contributed by atoms with Gasteiger partial charge in [0.2, 0.25) is 0 Å². The summed E-state index contributed by atoms with van der Waals surface area (Å²) in [4.78, 5) is 13.9. The quantitative estimate of drug-likeness (QED) is 0.832. The molecule has 1 amide bonds. The highest BCUT2D eigenvalue weighted by Crippen LogP contribution is 2.14. The number of nitrogens with zero attached hydrogens (tertiary/aromatic N) is 1. The summed E-state index contributed by atoms with van der Waals surface area (Å²) in [6, 6.07) is 12.7. The van der Waals surface area contributed by atoms with Crippen molar-refractivity contribution in [1.29, 1.82) is 0 Å². The summed E-state index contributed by atoms with van der Waals surface area (Å²) in [5, 5.41) is 0. The van der Waals surface area contributed by atoms with Crippen LogP contribution in [-0.4, -0.2) is 17.9 Å². The van der Waals surface area contributed by atoms with Crippen molar-refractivity contribution in [3.05, 3.63) is 70.5 Å². The third kappa shape index (κ3) is 3.69. The van der Waals surface area contributed by atoms with Crippen LogP contribution in [0.15, 0.2) is 42.5 Å². The molecule has 0 bridgehead atoms. The number of hydrogen-bond acceptors (Lipinski definition) is 1. The Bertz CT molecular complexity index is 634. The van der Waals surface area contributed by atoms with E-state index < -0.39 is 5.82 Å². The summed E-state index contributed by atoms with van der Waals surface area (Å²) in [5.74, 6) is -0.769. The van der Waals surface area contributed by atoms with Crippen molar-refractivity contribution in [1.82, 2.24) is 4.90 Å². The molecule has 0 aliphatic rings.